The van der Waals surface area contributed by atoms with Gasteiger partial charge < -0.3 is 9.63 Å². The third-order valence-electron chi connectivity index (χ3n) is 3.56. The lowest BCUT2D eigenvalue weighted by molar-refractivity contribution is -0.142. The first-order valence-electron chi connectivity index (χ1n) is 6.69. The van der Waals surface area contributed by atoms with Crippen LogP contribution in [0.3, 0.4) is 0 Å². The maximum absolute atomic E-state index is 11.1. The summed E-state index contributed by atoms with van der Waals surface area (Å²) in [5.74, 6) is 0.103. The van der Waals surface area contributed by atoms with E-state index >= 15 is 0 Å². The second-order valence-corrected chi connectivity index (χ2v) is 5.42. The van der Waals surface area contributed by atoms with Crippen molar-refractivity contribution in [2.24, 2.45) is 0 Å². The molecule has 1 fully saturated rings. The van der Waals surface area contributed by atoms with Crippen molar-refractivity contribution in [1.29, 1.82) is 0 Å². The number of carbonyl (C=O) groups is 1. The molecule has 0 radical (unpaired) electrons. The summed E-state index contributed by atoms with van der Waals surface area (Å²) in [5.41, 5.74) is 0.811. The molecule has 1 saturated heterocycles. The molecule has 118 valence electrons. The van der Waals surface area contributed by atoms with Gasteiger partial charge in [-0.3, -0.25) is 9.69 Å². The van der Waals surface area contributed by atoms with E-state index in [-0.39, 0.29) is 12.4 Å². The number of aliphatic carboxylic acids is 1. The fraction of sp³-hybridized carbons (Fsp3) is 0.357. The fourth-order valence-corrected chi connectivity index (χ4v) is 2.63. The van der Waals surface area contributed by atoms with Crippen molar-refractivity contribution in [3.05, 3.63) is 35.2 Å². The van der Waals surface area contributed by atoms with E-state index in [1.165, 1.54) is 0 Å². The Labute approximate surface area is 138 Å². The van der Waals surface area contributed by atoms with Crippen LogP contribution in [0, 0.1) is 0 Å². The molecule has 0 saturated carbocycles. The summed E-state index contributed by atoms with van der Waals surface area (Å²) in [6.07, 6.45) is 1.53. The average Bonchev–Trinajstić information content (AvgIpc) is 3.09. The van der Waals surface area contributed by atoms with Crippen LogP contribution in [0.4, 0.5) is 0 Å². The molecular weight excluding hydrogens is 329 g/mol. The second kappa shape index (κ2) is 7.09. The molecule has 2 heterocycles. The molecule has 1 aromatic heterocycles. The molecule has 1 N–H and O–H groups in total. The number of rotatable bonds is 4. The average molecular weight is 344 g/mol. The molecule has 0 spiro atoms. The summed E-state index contributed by atoms with van der Waals surface area (Å²) in [6, 6.07) is 6.68. The van der Waals surface area contributed by atoms with E-state index in [1.54, 1.807) is 12.1 Å². The predicted molar refractivity (Wildman–Crippen MR) is 83.1 cm³/mol. The van der Waals surface area contributed by atoms with Gasteiger partial charge >= 0.3 is 5.97 Å². The molecule has 22 heavy (non-hydrogen) atoms. The largest absolute Gasteiger partial charge is 0.480 e. The van der Waals surface area contributed by atoms with Gasteiger partial charge in [-0.15, -0.1) is 12.4 Å². The molecule has 2 aromatic rings. The van der Waals surface area contributed by atoms with Crippen LogP contribution in [0.25, 0.3) is 11.4 Å². The first-order chi connectivity index (χ1) is 10.1. The molecule has 1 aliphatic rings. The minimum atomic E-state index is -0.801. The number of halogens is 2. The van der Waals surface area contributed by atoms with Crippen molar-refractivity contribution in [1.82, 2.24) is 15.0 Å². The van der Waals surface area contributed by atoms with E-state index in [1.807, 2.05) is 17.0 Å². The molecule has 1 unspecified atom stereocenters. The van der Waals surface area contributed by atoms with Gasteiger partial charge in [0.05, 0.1) is 6.54 Å². The van der Waals surface area contributed by atoms with Gasteiger partial charge in [0, 0.05) is 10.6 Å². The molecule has 6 nitrogen and oxygen atoms in total. The number of nitrogens with zero attached hydrogens (tertiary/aromatic N) is 3. The Kier molecular flexibility index (Phi) is 5.39. The van der Waals surface area contributed by atoms with Gasteiger partial charge in [0.25, 0.3) is 0 Å². The Balaban J connectivity index is 0.00000176. The van der Waals surface area contributed by atoms with E-state index in [9.17, 15) is 4.79 Å². The first-order valence-corrected chi connectivity index (χ1v) is 7.06. The fourth-order valence-electron chi connectivity index (χ4n) is 2.50. The van der Waals surface area contributed by atoms with Crippen LogP contribution >= 0.6 is 24.0 Å². The second-order valence-electron chi connectivity index (χ2n) is 4.99. The quantitative estimate of drug-likeness (QED) is 0.919. The summed E-state index contributed by atoms with van der Waals surface area (Å²) < 4.78 is 5.21. The minimum Gasteiger partial charge on any atom is -0.480 e. The third kappa shape index (κ3) is 3.58. The highest BCUT2D eigenvalue weighted by molar-refractivity contribution is 6.30. The normalized spacial score (nSPS) is 18.1. The Morgan fingerprint density at radius 1 is 1.41 bits per heavy atom. The number of carboxylic acid groups (broad SMARTS) is 1. The number of hydrogen-bond acceptors (Lipinski definition) is 5. The van der Waals surface area contributed by atoms with Crippen LogP contribution in [0.1, 0.15) is 18.7 Å². The van der Waals surface area contributed by atoms with E-state index in [0.29, 0.717) is 29.7 Å². The molecular formula is C14H15Cl2N3O3. The minimum absolute atomic E-state index is 0. The number of hydrogen-bond donors (Lipinski definition) is 1. The summed E-state index contributed by atoms with van der Waals surface area (Å²) in [7, 11) is 0. The van der Waals surface area contributed by atoms with Crippen LogP contribution in [0.2, 0.25) is 5.02 Å². The molecule has 1 aromatic carbocycles. The highest BCUT2D eigenvalue weighted by Crippen LogP contribution is 2.22. The monoisotopic (exact) mass is 343 g/mol. The van der Waals surface area contributed by atoms with Gasteiger partial charge in [-0.05, 0) is 43.7 Å². The zero-order valence-corrected chi connectivity index (χ0v) is 13.2. The number of carboxylic acids is 1. The highest BCUT2D eigenvalue weighted by Gasteiger charge is 2.31. The van der Waals surface area contributed by atoms with Crippen LogP contribution in [-0.2, 0) is 11.3 Å². The van der Waals surface area contributed by atoms with E-state index in [0.717, 1.165) is 18.5 Å². The van der Waals surface area contributed by atoms with Gasteiger partial charge in [0.15, 0.2) is 0 Å². The maximum atomic E-state index is 11.1. The predicted octanol–water partition coefficient (Wildman–Crippen LogP) is 2.86. The van der Waals surface area contributed by atoms with Crippen molar-refractivity contribution >= 4 is 30.0 Å². The number of aromatic nitrogens is 2. The van der Waals surface area contributed by atoms with Gasteiger partial charge in [-0.25, -0.2) is 0 Å². The molecule has 0 amide bonds. The summed E-state index contributed by atoms with van der Waals surface area (Å²) >= 11 is 5.84. The Morgan fingerprint density at radius 3 is 2.82 bits per heavy atom. The first kappa shape index (κ1) is 16.7. The molecule has 3 rings (SSSR count). The van der Waals surface area contributed by atoms with E-state index in [4.69, 9.17) is 21.2 Å². The van der Waals surface area contributed by atoms with Gasteiger partial charge in [-0.1, -0.05) is 16.8 Å². The molecule has 0 aliphatic carbocycles. The van der Waals surface area contributed by atoms with Crippen LogP contribution in [0.15, 0.2) is 28.8 Å². The molecule has 1 atom stereocenters. The van der Waals surface area contributed by atoms with Gasteiger partial charge in [-0.2, -0.15) is 4.98 Å². The van der Waals surface area contributed by atoms with Crippen molar-refractivity contribution < 1.29 is 14.4 Å². The zero-order chi connectivity index (χ0) is 14.8. The lowest BCUT2D eigenvalue weighted by Gasteiger charge is -2.18. The van der Waals surface area contributed by atoms with E-state index < -0.39 is 12.0 Å². The maximum Gasteiger partial charge on any atom is 0.320 e. The van der Waals surface area contributed by atoms with Crippen LogP contribution < -0.4 is 0 Å². The number of benzene rings is 1. The van der Waals surface area contributed by atoms with Crippen molar-refractivity contribution in [3.8, 4) is 11.4 Å². The van der Waals surface area contributed by atoms with Crippen LogP contribution in [-0.4, -0.2) is 38.7 Å². The van der Waals surface area contributed by atoms with Crippen molar-refractivity contribution in [3.63, 3.8) is 0 Å². The highest BCUT2D eigenvalue weighted by atomic mass is 35.5. The number of likely N-dealkylation sites (tertiary alicyclic amines) is 1. The molecule has 8 heteroatoms. The third-order valence-corrected chi connectivity index (χ3v) is 3.81. The SMILES string of the molecule is Cl.O=C(O)C1CCCN1Cc1nc(-c2ccc(Cl)cc2)no1. The van der Waals surface area contributed by atoms with Crippen molar-refractivity contribution in [2.75, 3.05) is 6.54 Å². The zero-order valence-electron chi connectivity index (χ0n) is 11.6. The lowest BCUT2D eigenvalue weighted by Crippen LogP contribution is -2.35. The van der Waals surface area contributed by atoms with Crippen LogP contribution in [0.5, 0.6) is 0 Å². The lowest BCUT2D eigenvalue weighted by atomic mass is 10.2. The topological polar surface area (TPSA) is 79.5 Å². The molecule has 1 aliphatic heterocycles. The van der Waals surface area contributed by atoms with Gasteiger partial charge in [0.1, 0.15) is 6.04 Å². The Bertz CT molecular complexity index is 645. The van der Waals surface area contributed by atoms with Crippen molar-refractivity contribution in [2.45, 2.75) is 25.4 Å². The standard InChI is InChI=1S/C14H14ClN3O3.ClH/c15-10-5-3-9(4-6-10)13-16-12(21-17-13)8-18-7-1-2-11(18)14(19)20;/h3-6,11H,1-2,7-8H2,(H,19,20);1H. The summed E-state index contributed by atoms with van der Waals surface area (Å²) in [6.45, 7) is 1.09. The Morgan fingerprint density at radius 2 is 2.14 bits per heavy atom. The van der Waals surface area contributed by atoms with E-state index in [2.05, 4.69) is 10.1 Å². The molecule has 0 bridgehead atoms. The summed E-state index contributed by atoms with van der Waals surface area (Å²) in [4.78, 5) is 17.3. The summed E-state index contributed by atoms with van der Waals surface area (Å²) in [5, 5.41) is 13.7. The Hall–Kier alpha value is -1.63. The van der Waals surface area contributed by atoms with Gasteiger partial charge in [0.2, 0.25) is 11.7 Å². The smallest absolute Gasteiger partial charge is 0.320 e.